The predicted octanol–water partition coefficient (Wildman–Crippen LogP) is 7.81. The van der Waals surface area contributed by atoms with E-state index in [2.05, 4.69) is 18.2 Å². The van der Waals surface area contributed by atoms with Crippen molar-refractivity contribution in [2.75, 3.05) is 67.1 Å². The summed E-state index contributed by atoms with van der Waals surface area (Å²) in [4.78, 5) is 35.6. The fourth-order valence-electron chi connectivity index (χ4n) is 6.16. The molecule has 0 heterocycles. The summed E-state index contributed by atoms with van der Waals surface area (Å²) in [6, 6.07) is 26.6. The largest absolute Gasteiger partial charge is 0.496 e. The number of ketones is 1. The van der Waals surface area contributed by atoms with Crippen molar-refractivity contribution in [2.45, 2.75) is 26.7 Å². The lowest BCUT2D eigenvalue weighted by Crippen LogP contribution is -2.14. The summed E-state index contributed by atoms with van der Waals surface area (Å²) in [5.41, 5.74) is 7.43. The number of nitriles is 1. The van der Waals surface area contributed by atoms with Gasteiger partial charge in [-0.3, -0.25) is 14.4 Å². The number of hydrogen-bond acceptors (Lipinski definition) is 12. The number of rotatable bonds is 21. The number of benzene rings is 4. The van der Waals surface area contributed by atoms with E-state index < -0.39 is 0 Å². The van der Waals surface area contributed by atoms with Crippen molar-refractivity contribution in [3.8, 4) is 51.3 Å². The molecule has 0 aromatic heterocycles. The number of methoxy groups -OCH3 is 2. The fraction of sp³-hybridized carbons (Fsp3) is 0.304. The minimum absolute atomic E-state index is 0.136. The molecule has 1 aliphatic rings. The Hall–Kier alpha value is -6.42. The zero-order valence-electron chi connectivity index (χ0n) is 33.2. The average Bonchev–Trinajstić information content (AvgIpc) is 3.25. The van der Waals surface area contributed by atoms with Crippen LogP contribution in [-0.4, -0.2) is 84.8 Å². The van der Waals surface area contributed by atoms with Crippen LogP contribution in [0, 0.1) is 11.3 Å². The molecule has 0 fully saturated rings. The number of ether oxygens (including phenoxy) is 8. The smallest absolute Gasteiger partial charge is 0.302 e. The first-order valence-electron chi connectivity index (χ1n) is 18.8. The van der Waals surface area contributed by atoms with Gasteiger partial charge in [0.25, 0.3) is 0 Å². The summed E-state index contributed by atoms with van der Waals surface area (Å²) in [6.07, 6.45) is 5.34. The lowest BCUT2D eigenvalue weighted by molar-refractivity contribution is -0.143. The van der Waals surface area contributed by atoms with E-state index in [1.807, 2.05) is 48.6 Å². The quantitative estimate of drug-likeness (QED) is 0.0461. The summed E-state index contributed by atoms with van der Waals surface area (Å²) in [6.45, 7) is 4.20. The van der Waals surface area contributed by atoms with E-state index in [0.717, 1.165) is 51.1 Å². The monoisotopic (exact) mass is 789 g/mol. The molecule has 58 heavy (non-hydrogen) atoms. The lowest BCUT2D eigenvalue weighted by atomic mass is 9.91. The third-order valence-corrected chi connectivity index (χ3v) is 9.08. The van der Waals surface area contributed by atoms with Crippen LogP contribution < -0.4 is 18.9 Å². The Kier molecular flexibility index (Phi) is 16.0. The van der Waals surface area contributed by atoms with Crippen LogP contribution in [0.25, 0.3) is 27.8 Å². The zero-order chi connectivity index (χ0) is 41.3. The van der Waals surface area contributed by atoms with Gasteiger partial charge in [-0.25, -0.2) is 0 Å². The number of carbonyl (C=O) groups excluding carboxylic acids is 3. The third kappa shape index (κ3) is 12.0. The molecule has 0 saturated heterocycles. The topological polar surface area (TPSA) is 149 Å². The Morgan fingerprint density at radius 3 is 1.64 bits per heavy atom. The molecule has 0 unspecified atom stereocenters. The van der Waals surface area contributed by atoms with Crippen LogP contribution in [-0.2, 0) is 28.5 Å². The molecule has 1 aliphatic carbocycles. The molecular weight excluding hydrogens is 743 g/mol. The second kappa shape index (κ2) is 21.8. The van der Waals surface area contributed by atoms with E-state index >= 15 is 0 Å². The predicted molar refractivity (Wildman–Crippen MR) is 217 cm³/mol. The standard InChI is InChI=1S/C46H47NO11/c1-31(48)55-23-19-53-21-25-57-42-18-15-39(29-45(42)58-26-22-54-20-24-56-32(2)49)46(50)36-11-9-35(10-12-36)41-17-14-38(28-44(41)52-4)37-13-16-40(43(27-37)51-3)34-7-5-33(30-47)6-8-34/h5,7,9-18,27-29H,6,8,19-26H2,1-4H3. The number of allylic oxidation sites excluding steroid dienone is 4. The van der Waals surface area contributed by atoms with Crippen LogP contribution in [0.1, 0.15) is 48.2 Å². The molecule has 302 valence electrons. The van der Waals surface area contributed by atoms with Crippen LogP contribution in [0.2, 0.25) is 0 Å². The van der Waals surface area contributed by atoms with Crippen LogP contribution >= 0.6 is 0 Å². The van der Waals surface area contributed by atoms with Crippen LogP contribution in [0.3, 0.4) is 0 Å². The second-order valence-electron chi connectivity index (χ2n) is 13.0. The van der Waals surface area contributed by atoms with E-state index in [9.17, 15) is 19.6 Å². The molecule has 12 nitrogen and oxygen atoms in total. The highest BCUT2D eigenvalue weighted by Crippen LogP contribution is 2.39. The maximum absolute atomic E-state index is 13.7. The summed E-state index contributed by atoms with van der Waals surface area (Å²) in [5, 5.41) is 9.22. The molecule has 4 aromatic carbocycles. The van der Waals surface area contributed by atoms with Gasteiger partial charge < -0.3 is 37.9 Å². The minimum atomic E-state index is -0.383. The molecule has 0 bridgehead atoms. The number of hydrogen-bond donors (Lipinski definition) is 0. The van der Waals surface area contributed by atoms with Crippen molar-refractivity contribution >= 4 is 23.3 Å². The highest BCUT2D eigenvalue weighted by atomic mass is 16.6. The maximum Gasteiger partial charge on any atom is 0.302 e. The first-order chi connectivity index (χ1) is 28.2. The Labute approximate surface area is 338 Å². The van der Waals surface area contributed by atoms with E-state index in [-0.39, 0.29) is 70.6 Å². The molecule has 4 aromatic rings. The van der Waals surface area contributed by atoms with E-state index in [0.29, 0.717) is 34.8 Å². The average molecular weight is 790 g/mol. The molecule has 0 amide bonds. The lowest BCUT2D eigenvalue weighted by Gasteiger charge is -2.17. The van der Waals surface area contributed by atoms with Crippen LogP contribution in [0.5, 0.6) is 23.0 Å². The van der Waals surface area contributed by atoms with Gasteiger partial charge >= 0.3 is 11.9 Å². The second-order valence-corrected chi connectivity index (χ2v) is 13.0. The molecule has 5 rings (SSSR count). The van der Waals surface area contributed by atoms with Gasteiger partial charge in [0.1, 0.15) is 37.9 Å². The number of carbonyl (C=O) groups is 3. The molecule has 0 saturated carbocycles. The van der Waals surface area contributed by atoms with Crippen molar-refractivity contribution in [1.82, 2.24) is 0 Å². The fourth-order valence-corrected chi connectivity index (χ4v) is 6.16. The van der Waals surface area contributed by atoms with E-state index in [1.165, 1.54) is 13.8 Å². The summed E-state index contributed by atoms with van der Waals surface area (Å²) >= 11 is 0. The van der Waals surface area contributed by atoms with Crippen LogP contribution in [0.4, 0.5) is 0 Å². The van der Waals surface area contributed by atoms with Crippen LogP contribution in [0.15, 0.2) is 96.6 Å². The highest BCUT2D eigenvalue weighted by molar-refractivity contribution is 6.09. The highest BCUT2D eigenvalue weighted by Gasteiger charge is 2.17. The Morgan fingerprint density at radius 2 is 1.09 bits per heavy atom. The maximum atomic E-state index is 13.7. The number of esters is 2. The van der Waals surface area contributed by atoms with Gasteiger partial charge in [-0.1, -0.05) is 54.6 Å². The normalized spacial score (nSPS) is 12.1. The van der Waals surface area contributed by atoms with Gasteiger partial charge in [0.2, 0.25) is 0 Å². The van der Waals surface area contributed by atoms with Gasteiger partial charge in [-0.2, -0.15) is 5.26 Å². The first-order valence-corrected chi connectivity index (χ1v) is 18.8. The molecule has 12 heteroatoms. The summed E-state index contributed by atoms with van der Waals surface area (Å²) in [7, 11) is 3.29. The molecule has 0 N–H and O–H groups in total. The first kappa shape index (κ1) is 42.7. The van der Waals surface area contributed by atoms with Gasteiger partial charge in [0.15, 0.2) is 17.3 Å². The molecule has 0 aliphatic heterocycles. The van der Waals surface area contributed by atoms with Gasteiger partial charge in [-0.15, -0.1) is 0 Å². The SMILES string of the molecule is COc1cc(-c2ccc(-c3ccc(C(=O)c4ccc(OCCOCCOC(C)=O)c(OCCOCCOC(C)=O)c4)cc3)c(OC)c2)ccc1C1=CC=C(C#N)CC1. The van der Waals surface area contributed by atoms with Gasteiger partial charge in [0, 0.05) is 41.7 Å². The van der Waals surface area contributed by atoms with Crippen molar-refractivity contribution in [3.63, 3.8) is 0 Å². The molecule has 0 atom stereocenters. The minimum Gasteiger partial charge on any atom is -0.496 e. The molecule has 0 spiro atoms. The van der Waals surface area contributed by atoms with E-state index in [1.54, 1.807) is 44.6 Å². The van der Waals surface area contributed by atoms with E-state index in [4.69, 9.17) is 37.9 Å². The van der Waals surface area contributed by atoms with Crippen molar-refractivity contribution in [2.24, 2.45) is 0 Å². The molecular formula is C46H47NO11. The Morgan fingerprint density at radius 1 is 0.552 bits per heavy atom. The third-order valence-electron chi connectivity index (χ3n) is 9.08. The summed E-state index contributed by atoms with van der Waals surface area (Å²) < 4.78 is 44.2. The van der Waals surface area contributed by atoms with Crippen molar-refractivity contribution in [1.29, 1.82) is 5.26 Å². The van der Waals surface area contributed by atoms with Gasteiger partial charge in [-0.05, 0) is 71.5 Å². The summed E-state index contributed by atoms with van der Waals surface area (Å²) in [5.74, 6) is 1.22. The number of nitrogens with zero attached hydrogens (tertiary/aromatic N) is 1. The van der Waals surface area contributed by atoms with Crippen molar-refractivity contribution in [3.05, 3.63) is 113 Å². The Balaban J connectivity index is 1.27. The van der Waals surface area contributed by atoms with Crippen molar-refractivity contribution < 1.29 is 52.3 Å². The van der Waals surface area contributed by atoms with Gasteiger partial charge in [0.05, 0.1) is 46.7 Å². The molecule has 0 radical (unpaired) electrons. The Bertz CT molecular complexity index is 2170. The zero-order valence-corrected chi connectivity index (χ0v) is 33.2.